The van der Waals surface area contributed by atoms with E-state index in [0.29, 0.717) is 31.1 Å². The first-order valence-electron chi connectivity index (χ1n) is 14.3. The van der Waals surface area contributed by atoms with Crippen molar-refractivity contribution in [2.75, 3.05) is 38.2 Å². The Bertz CT molecular complexity index is 1240. The van der Waals surface area contributed by atoms with Crippen LogP contribution >= 0.6 is 11.6 Å². The zero-order chi connectivity index (χ0) is 28.8. The number of aliphatic hydroxyl groups is 1. The summed E-state index contributed by atoms with van der Waals surface area (Å²) in [5, 5.41) is 11.7. The molecule has 40 heavy (non-hydrogen) atoms. The summed E-state index contributed by atoms with van der Waals surface area (Å²) in [6.45, 7) is 8.47. The Kier molecular flexibility index (Phi) is 10.7. The lowest BCUT2D eigenvalue weighted by Gasteiger charge is -2.30. The molecule has 0 saturated carbocycles. The molecule has 0 radical (unpaired) electrons. The highest BCUT2D eigenvalue weighted by Gasteiger charge is 2.29. The lowest BCUT2D eigenvalue weighted by molar-refractivity contribution is -0.123. The normalized spacial score (nSPS) is 27.4. The lowest BCUT2D eigenvalue weighted by atomic mass is 9.91. The Balaban J connectivity index is 1.73. The van der Waals surface area contributed by atoms with Crippen molar-refractivity contribution < 1.29 is 18.8 Å². The van der Waals surface area contributed by atoms with Crippen LogP contribution in [0.25, 0.3) is 0 Å². The van der Waals surface area contributed by atoms with Gasteiger partial charge in [0.15, 0.2) is 11.0 Å². The molecule has 0 aromatic heterocycles. The molecule has 7 nitrogen and oxygen atoms in total. The van der Waals surface area contributed by atoms with E-state index in [-0.39, 0.29) is 17.7 Å². The van der Waals surface area contributed by atoms with Gasteiger partial charge in [-0.25, -0.2) is 4.21 Å². The van der Waals surface area contributed by atoms with Gasteiger partial charge in [-0.1, -0.05) is 56.5 Å². The van der Waals surface area contributed by atoms with Gasteiger partial charge in [0.2, 0.25) is 5.91 Å². The third-order valence-corrected chi connectivity index (χ3v) is 9.47. The van der Waals surface area contributed by atoms with E-state index in [1.54, 1.807) is 13.0 Å². The van der Waals surface area contributed by atoms with Gasteiger partial charge in [-0.15, -0.1) is 0 Å². The Morgan fingerprint density at radius 1 is 1.20 bits per heavy atom. The molecule has 2 aromatic carbocycles. The van der Waals surface area contributed by atoms with E-state index in [1.807, 2.05) is 42.3 Å². The molecule has 2 aliphatic rings. The van der Waals surface area contributed by atoms with E-state index in [9.17, 15) is 14.1 Å². The smallest absolute Gasteiger partial charge is 0.248 e. The van der Waals surface area contributed by atoms with Gasteiger partial charge in [0.25, 0.3) is 0 Å². The summed E-state index contributed by atoms with van der Waals surface area (Å²) in [5.41, 5.74) is 3.32. The molecule has 2 N–H and O–H groups in total. The van der Waals surface area contributed by atoms with E-state index in [4.69, 9.17) is 16.3 Å². The second-order valence-corrected chi connectivity index (χ2v) is 12.6. The lowest BCUT2D eigenvalue weighted by Crippen LogP contribution is -2.44. The van der Waals surface area contributed by atoms with Crippen molar-refractivity contribution in [3.8, 4) is 5.75 Å². The average molecular weight is 588 g/mol. The highest BCUT2D eigenvalue weighted by molar-refractivity contribution is 7.83. The molecule has 2 heterocycles. The summed E-state index contributed by atoms with van der Waals surface area (Å²) in [6, 6.07) is 11.1. The Morgan fingerprint density at radius 2 is 2.00 bits per heavy atom. The van der Waals surface area contributed by atoms with Gasteiger partial charge in [0.1, 0.15) is 5.75 Å². The molecule has 0 aliphatic carbocycles. The Hall–Kier alpha value is -2.39. The highest BCUT2D eigenvalue weighted by atomic mass is 35.5. The quantitative estimate of drug-likeness (QED) is 0.486. The van der Waals surface area contributed by atoms with Gasteiger partial charge in [-0.05, 0) is 74.2 Å². The van der Waals surface area contributed by atoms with Crippen LogP contribution in [0.1, 0.15) is 57.1 Å². The van der Waals surface area contributed by atoms with Gasteiger partial charge in [-0.3, -0.25) is 14.4 Å². The van der Waals surface area contributed by atoms with Gasteiger partial charge >= 0.3 is 0 Å². The van der Waals surface area contributed by atoms with E-state index >= 15 is 0 Å². The van der Waals surface area contributed by atoms with Crippen LogP contribution in [-0.2, 0) is 22.2 Å². The maximum atomic E-state index is 13.3. The van der Waals surface area contributed by atoms with E-state index in [0.717, 1.165) is 42.1 Å². The minimum absolute atomic E-state index is 0.0738. The first-order chi connectivity index (χ1) is 19.2. The maximum Gasteiger partial charge on any atom is 0.248 e. The molecule has 5 unspecified atom stereocenters. The summed E-state index contributed by atoms with van der Waals surface area (Å²) in [7, 11) is 0.124. The summed E-state index contributed by atoms with van der Waals surface area (Å²) in [4.78, 5) is 17.6. The van der Waals surface area contributed by atoms with E-state index in [1.165, 1.54) is 11.1 Å². The van der Waals surface area contributed by atoms with Crippen LogP contribution < -0.4 is 14.4 Å². The van der Waals surface area contributed by atoms with Crippen LogP contribution in [0.5, 0.6) is 5.75 Å². The van der Waals surface area contributed by atoms with Crippen LogP contribution in [0.4, 0.5) is 5.69 Å². The highest BCUT2D eigenvalue weighted by Crippen LogP contribution is 2.38. The topological polar surface area (TPSA) is 82.1 Å². The van der Waals surface area contributed by atoms with Crippen LogP contribution in [0.2, 0.25) is 5.02 Å². The Labute approximate surface area is 246 Å². The first-order valence-corrected chi connectivity index (χ1v) is 15.8. The molecular weight excluding hydrogens is 546 g/mol. The number of nitrogens with zero attached hydrogens (tertiary/aromatic N) is 2. The number of nitrogens with one attached hydrogen (secondary N) is 1. The summed E-state index contributed by atoms with van der Waals surface area (Å²) < 4.78 is 22.3. The fourth-order valence-electron chi connectivity index (χ4n) is 5.50. The fourth-order valence-corrected chi connectivity index (χ4v) is 6.58. The zero-order valence-electron chi connectivity index (χ0n) is 23.9. The molecular formula is C31H42ClN3O4S. The number of benzene rings is 2. The number of hydrogen-bond acceptors (Lipinski definition) is 6. The van der Waals surface area contributed by atoms with Crippen molar-refractivity contribution in [3.63, 3.8) is 0 Å². The summed E-state index contributed by atoms with van der Waals surface area (Å²) in [5.74, 6) is 0.586. The molecule has 2 aliphatic heterocycles. The van der Waals surface area contributed by atoms with Crippen molar-refractivity contribution in [2.24, 2.45) is 5.92 Å². The minimum atomic E-state index is -1.71. The first kappa shape index (κ1) is 30.6. The third kappa shape index (κ3) is 7.27. The minimum Gasteiger partial charge on any atom is -0.491 e. The van der Waals surface area contributed by atoms with Crippen molar-refractivity contribution >= 4 is 34.2 Å². The molecule has 5 atom stereocenters. The number of hydrogen-bond donors (Lipinski definition) is 2. The molecule has 2 bridgehead atoms. The van der Waals surface area contributed by atoms with Crippen molar-refractivity contribution in [1.29, 1.82) is 0 Å². The number of likely N-dealkylation sites (N-methyl/N-ethyl adjacent to an activating group) is 1. The summed E-state index contributed by atoms with van der Waals surface area (Å²) >= 11 is 6.36. The number of ether oxygens (including phenoxy) is 1. The standard InChI is InChI=1S/C31H42ClN3O4S/c1-5-8-23-17-25(32)10-12-27(23)24-19-35-16-14-22(6-2)29(36)9-7-15-34(4)21(3)31(37)33-40(38)26-11-13-30(39-20-24)28(35)18-26/h7,9-13,17-18,21-22,24,29,36H,5-6,8,14-16,19-20H2,1-4H3,(H,33,37)/b9-7+. The number of carbonyl (C=O) groups excluding carboxylic acids is 1. The zero-order valence-corrected chi connectivity index (χ0v) is 25.5. The number of rotatable bonds is 4. The van der Waals surface area contributed by atoms with Crippen LogP contribution in [0, 0.1) is 5.92 Å². The fraction of sp³-hybridized carbons (Fsp3) is 0.516. The number of carbonyl (C=O) groups is 1. The van der Waals surface area contributed by atoms with Gasteiger partial charge in [-0.2, -0.15) is 0 Å². The van der Waals surface area contributed by atoms with E-state index < -0.39 is 23.1 Å². The average Bonchev–Trinajstić information content (AvgIpc) is 3.11. The molecule has 4 rings (SSSR count). The second kappa shape index (κ2) is 14.0. The predicted octanol–water partition coefficient (Wildman–Crippen LogP) is 5.08. The van der Waals surface area contributed by atoms with Crippen molar-refractivity contribution in [3.05, 3.63) is 64.7 Å². The molecule has 0 spiro atoms. The number of aliphatic hydroxyl groups excluding tert-OH is 1. The Morgan fingerprint density at radius 3 is 2.75 bits per heavy atom. The third-order valence-electron chi connectivity index (χ3n) is 8.17. The molecule has 9 heteroatoms. The number of fused-ring (bicyclic) bond motifs is 1. The molecule has 0 fully saturated rings. The van der Waals surface area contributed by atoms with Crippen molar-refractivity contribution in [2.45, 2.75) is 69.4 Å². The number of anilines is 1. The number of amides is 1. The van der Waals surface area contributed by atoms with E-state index in [2.05, 4.69) is 35.6 Å². The predicted molar refractivity (Wildman–Crippen MR) is 163 cm³/mol. The molecule has 218 valence electrons. The van der Waals surface area contributed by atoms with Gasteiger partial charge in [0.05, 0.1) is 29.3 Å². The monoisotopic (exact) mass is 587 g/mol. The number of halogens is 1. The SMILES string of the molecule is CCCc1cc(Cl)ccc1C1COc2ccc3cc2N(CCC(CC)C(O)/C=C/CN(C)C(C)C(=O)NS3=O)C1. The van der Waals surface area contributed by atoms with Crippen molar-refractivity contribution in [1.82, 2.24) is 9.62 Å². The van der Waals surface area contributed by atoms with Crippen LogP contribution in [0.15, 0.2) is 53.4 Å². The van der Waals surface area contributed by atoms with Crippen LogP contribution in [0.3, 0.4) is 0 Å². The molecule has 2 aromatic rings. The van der Waals surface area contributed by atoms with Gasteiger partial charge < -0.3 is 14.7 Å². The molecule has 0 saturated heterocycles. The second-order valence-electron chi connectivity index (χ2n) is 10.9. The summed E-state index contributed by atoms with van der Waals surface area (Å²) in [6.07, 6.45) is 6.74. The number of aryl methyl sites for hydroxylation is 1. The van der Waals surface area contributed by atoms with Gasteiger partial charge in [0, 0.05) is 30.6 Å². The van der Waals surface area contributed by atoms with Crippen LogP contribution in [-0.4, -0.2) is 65.6 Å². The maximum absolute atomic E-state index is 13.3. The molecule has 1 amide bonds. The largest absolute Gasteiger partial charge is 0.491 e.